The van der Waals surface area contributed by atoms with Gasteiger partial charge in [0.2, 0.25) is 11.7 Å². The number of fused-ring (bicyclic) bond motifs is 5. The molecule has 208 valence electrons. The molecule has 0 fully saturated rings. The number of ketones is 2. The zero-order valence-electron chi connectivity index (χ0n) is 22.8. The monoisotopic (exact) mass is 539 g/mol. The van der Waals surface area contributed by atoms with Gasteiger partial charge in [-0.3, -0.25) is 19.3 Å². The van der Waals surface area contributed by atoms with Gasteiger partial charge in [0.25, 0.3) is 5.91 Å². The number of aromatic nitrogens is 1. The van der Waals surface area contributed by atoms with E-state index in [0.29, 0.717) is 29.9 Å². The predicted molar refractivity (Wildman–Crippen MR) is 141 cm³/mol. The van der Waals surface area contributed by atoms with Crippen molar-refractivity contribution in [3.05, 3.63) is 45.7 Å². The van der Waals surface area contributed by atoms with E-state index in [1.54, 1.807) is 19.0 Å². The summed E-state index contributed by atoms with van der Waals surface area (Å²) < 4.78 is 6.03. The molecule has 1 aromatic carbocycles. The number of allylic oxidation sites excluding steroid dienone is 1. The fourth-order valence-electron chi connectivity index (χ4n) is 6.47. The molecule has 3 aliphatic carbocycles. The zero-order valence-corrected chi connectivity index (χ0v) is 22.8. The molecule has 1 aromatic heterocycles. The fraction of sp³-hybridized carbons (Fsp3) is 0.481. The van der Waals surface area contributed by atoms with Crippen LogP contribution in [0, 0.1) is 11.8 Å². The number of hydrogen-bond donors (Lipinski definition) is 4. The predicted octanol–water partition coefficient (Wildman–Crippen LogP) is 0.684. The Morgan fingerprint density at radius 3 is 2.41 bits per heavy atom. The van der Waals surface area contributed by atoms with Crippen LogP contribution in [0.1, 0.15) is 28.2 Å². The van der Waals surface area contributed by atoms with Gasteiger partial charge in [0.1, 0.15) is 22.6 Å². The van der Waals surface area contributed by atoms with Crippen LogP contribution in [-0.4, -0.2) is 102 Å². The Balaban J connectivity index is 1.76. The summed E-state index contributed by atoms with van der Waals surface area (Å²) in [4.78, 5) is 49.7. The molecule has 1 heterocycles. The molecule has 0 saturated carbocycles. The summed E-state index contributed by atoms with van der Waals surface area (Å²) in [7, 11) is 10.7. The lowest BCUT2D eigenvalue weighted by molar-refractivity contribution is -0.148. The number of amides is 1. The largest absolute Gasteiger partial charge is 0.510 e. The van der Waals surface area contributed by atoms with Crippen LogP contribution < -0.4 is 10.6 Å². The van der Waals surface area contributed by atoms with Crippen molar-refractivity contribution in [1.29, 1.82) is 0 Å². The molecule has 4 atom stereocenters. The molecule has 2 aromatic rings. The third kappa shape index (κ3) is 3.69. The van der Waals surface area contributed by atoms with Gasteiger partial charge in [0, 0.05) is 31.3 Å². The molecule has 3 aliphatic rings. The first-order valence-corrected chi connectivity index (χ1v) is 12.6. The Hall–Kier alpha value is -3.74. The first-order valence-electron chi connectivity index (χ1n) is 12.6. The summed E-state index contributed by atoms with van der Waals surface area (Å²) in [6.07, 6.45) is 0.390. The van der Waals surface area contributed by atoms with Gasteiger partial charge in [-0.2, -0.15) is 0 Å². The van der Waals surface area contributed by atoms with Crippen molar-refractivity contribution in [2.24, 2.45) is 17.6 Å². The van der Waals surface area contributed by atoms with E-state index in [4.69, 9.17) is 10.2 Å². The third-order valence-corrected chi connectivity index (χ3v) is 8.06. The fourth-order valence-corrected chi connectivity index (χ4v) is 6.47. The number of oxazole rings is 1. The van der Waals surface area contributed by atoms with E-state index in [-0.39, 0.29) is 23.1 Å². The number of anilines is 1. The van der Waals surface area contributed by atoms with Crippen molar-refractivity contribution in [2.45, 2.75) is 31.0 Å². The average Bonchev–Trinajstić information content (AvgIpc) is 3.21. The summed E-state index contributed by atoms with van der Waals surface area (Å²) in [5, 5.41) is 34.2. The molecule has 5 rings (SSSR count). The number of primary amides is 1. The van der Waals surface area contributed by atoms with Gasteiger partial charge in [-0.25, -0.2) is 4.98 Å². The molecule has 5 N–H and O–H groups in total. The quantitative estimate of drug-likeness (QED) is 0.394. The van der Waals surface area contributed by atoms with Gasteiger partial charge in [-0.05, 0) is 58.6 Å². The normalized spacial score (nSPS) is 26.8. The minimum atomic E-state index is -2.62. The number of rotatable bonds is 5. The van der Waals surface area contributed by atoms with E-state index >= 15 is 0 Å². The van der Waals surface area contributed by atoms with E-state index in [0.717, 1.165) is 5.69 Å². The third-order valence-electron chi connectivity index (χ3n) is 8.06. The van der Waals surface area contributed by atoms with E-state index in [1.807, 2.05) is 44.1 Å². The highest BCUT2D eigenvalue weighted by Gasteiger charge is 2.63. The molecule has 12 nitrogen and oxygen atoms in total. The number of Topliss-reactive ketones (excluding diaryl/α,β-unsaturated/α-hetero) is 2. The van der Waals surface area contributed by atoms with Crippen LogP contribution >= 0.6 is 0 Å². The van der Waals surface area contributed by atoms with Gasteiger partial charge in [0.15, 0.2) is 17.0 Å². The number of aliphatic hydroxyl groups is 3. The maximum atomic E-state index is 14.2. The van der Waals surface area contributed by atoms with Crippen molar-refractivity contribution < 1.29 is 34.1 Å². The van der Waals surface area contributed by atoms with Crippen molar-refractivity contribution in [3.8, 4) is 0 Å². The molecule has 0 saturated heterocycles. The van der Waals surface area contributed by atoms with Crippen molar-refractivity contribution in [1.82, 2.24) is 14.8 Å². The molecule has 0 radical (unpaired) electrons. The first kappa shape index (κ1) is 26.9. The Labute approximate surface area is 225 Å². The summed E-state index contributed by atoms with van der Waals surface area (Å²) in [5.74, 6) is -5.63. The molecule has 12 heteroatoms. The minimum Gasteiger partial charge on any atom is -0.510 e. The number of carbonyl (C=O) groups is 3. The Bertz CT molecular complexity index is 1500. The number of likely N-dealkylation sites (N-methyl/N-ethyl adjacent to an activating group) is 1. The SMILES string of the molecule is CN(C)Cc1nc2cc(N(C)C)c3c(c2o1)C(=O)C1=C(O)[C@]2(O)C(=O)C(C(N)=O)=C(O)[C@@H](N(C)C)[C@@H]2C[C@@H]1C3. The van der Waals surface area contributed by atoms with Crippen molar-refractivity contribution in [2.75, 3.05) is 47.2 Å². The van der Waals surface area contributed by atoms with E-state index < -0.39 is 58.0 Å². The topological polar surface area (TPSA) is 174 Å². The highest BCUT2D eigenvalue weighted by molar-refractivity contribution is 6.25. The molecule has 0 spiro atoms. The van der Waals surface area contributed by atoms with Crippen molar-refractivity contribution >= 4 is 34.3 Å². The van der Waals surface area contributed by atoms with Crippen LogP contribution in [0.3, 0.4) is 0 Å². The van der Waals surface area contributed by atoms with E-state index in [1.165, 1.54) is 0 Å². The molecule has 39 heavy (non-hydrogen) atoms. The number of nitrogens with zero attached hydrogens (tertiary/aromatic N) is 4. The van der Waals surface area contributed by atoms with Crippen molar-refractivity contribution in [3.63, 3.8) is 0 Å². The van der Waals surface area contributed by atoms with Gasteiger partial charge in [0.05, 0.1) is 18.2 Å². The second kappa shape index (κ2) is 8.90. The van der Waals surface area contributed by atoms with Gasteiger partial charge in [-0.1, -0.05) is 0 Å². The minimum absolute atomic E-state index is 0.0823. The number of hydrogen-bond acceptors (Lipinski definition) is 11. The summed E-state index contributed by atoms with van der Waals surface area (Å²) in [6, 6.07) is 0.854. The second-order valence-corrected chi connectivity index (χ2v) is 11.3. The zero-order chi connectivity index (χ0) is 28.7. The maximum Gasteiger partial charge on any atom is 0.255 e. The Morgan fingerprint density at radius 1 is 1.18 bits per heavy atom. The van der Waals surface area contributed by atoms with Gasteiger partial charge in [-0.15, -0.1) is 0 Å². The average molecular weight is 540 g/mol. The molecule has 0 unspecified atom stereocenters. The van der Waals surface area contributed by atoms with Gasteiger partial charge >= 0.3 is 0 Å². The van der Waals surface area contributed by atoms with Crippen LogP contribution in [0.15, 0.2) is 33.1 Å². The molecule has 1 amide bonds. The smallest absolute Gasteiger partial charge is 0.255 e. The Kier molecular flexibility index (Phi) is 6.13. The highest BCUT2D eigenvalue weighted by Crippen LogP contribution is 2.53. The maximum absolute atomic E-state index is 14.2. The lowest BCUT2D eigenvalue weighted by Gasteiger charge is -2.50. The van der Waals surface area contributed by atoms with Crippen LogP contribution in [-0.2, 0) is 22.6 Å². The van der Waals surface area contributed by atoms with Gasteiger partial charge < -0.3 is 35.3 Å². The highest BCUT2D eigenvalue weighted by atomic mass is 16.4. The first-order chi connectivity index (χ1) is 18.2. The molecule has 0 aliphatic heterocycles. The summed E-state index contributed by atoms with van der Waals surface area (Å²) in [6.45, 7) is 0.402. The summed E-state index contributed by atoms with van der Waals surface area (Å²) in [5.41, 5.74) is 4.30. The second-order valence-electron chi connectivity index (χ2n) is 11.3. The standard InChI is InChI=1S/C27H33N5O7/c1-30(2)10-16-29-14-9-15(31(3)4)12-7-11-8-13-20(32(5)6)22(34)19(26(28)37)25(36)27(13,38)24(35)17(11)21(33)18(12)23(14)39-16/h9,11,13,20,34-35,38H,7-8,10H2,1-6H3,(H2,28,37)/t11-,13-,20-,27-/m0/s1. The summed E-state index contributed by atoms with van der Waals surface area (Å²) >= 11 is 0. The molecular weight excluding hydrogens is 506 g/mol. The molecule has 0 bridgehead atoms. The number of carbonyl (C=O) groups excluding carboxylic acids is 3. The van der Waals surface area contributed by atoms with E-state index in [2.05, 4.69) is 4.98 Å². The lowest BCUT2D eigenvalue weighted by atomic mass is 9.58. The number of nitrogens with two attached hydrogens (primary N) is 1. The van der Waals surface area contributed by atoms with Crippen LogP contribution in [0.4, 0.5) is 5.69 Å². The lowest BCUT2D eigenvalue weighted by Crippen LogP contribution is -2.63. The Morgan fingerprint density at radius 2 is 1.85 bits per heavy atom. The van der Waals surface area contributed by atoms with Crippen LogP contribution in [0.25, 0.3) is 11.1 Å². The van der Waals surface area contributed by atoms with Crippen LogP contribution in [0.5, 0.6) is 0 Å². The number of aliphatic hydroxyl groups excluding tert-OH is 2. The van der Waals surface area contributed by atoms with Crippen LogP contribution in [0.2, 0.25) is 0 Å². The molecular formula is C27H33N5O7. The number of benzene rings is 1. The van der Waals surface area contributed by atoms with E-state index in [9.17, 15) is 29.7 Å².